The fraction of sp³-hybridized carbons (Fsp3) is 0.667. The summed E-state index contributed by atoms with van der Waals surface area (Å²) in [5, 5.41) is 12.9. The molecule has 1 saturated heterocycles. The van der Waals surface area contributed by atoms with Crippen LogP contribution in [0.2, 0.25) is 0 Å². The van der Waals surface area contributed by atoms with E-state index in [2.05, 4.69) is 15.4 Å². The SMILES string of the molecule is COC(=O)C1CCCCN1C(=O)NCC(=O)NCC(=O)O. The number of ether oxygens (including phenoxy) is 1. The van der Waals surface area contributed by atoms with Gasteiger partial charge in [-0.2, -0.15) is 0 Å². The summed E-state index contributed by atoms with van der Waals surface area (Å²) >= 11 is 0. The van der Waals surface area contributed by atoms with E-state index in [1.807, 2.05) is 0 Å². The summed E-state index contributed by atoms with van der Waals surface area (Å²) in [7, 11) is 1.26. The number of carboxylic acids is 1. The summed E-state index contributed by atoms with van der Waals surface area (Å²) in [4.78, 5) is 46.5. The van der Waals surface area contributed by atoms with Gasteiger partial charge in [-0.1, -0.05) is 0 Å². The molecule has 3 amide bonds. The van der Waals surface area contributed by atoms with Gasteiger partial charge in [0, 0.05) is 6.54 Å². The van der Waals surface area contributed by atoms with E-state index in [1.54, 1.807) is 0 Å². The minimum atomic E-state index is -1.17. The Bertz CT molecular complexity index is 425. The van der Waals surface area contributed by atoms with Crippen molar-refractivity contribution in [2.24, 2.45) is 0 Å². The first-order valence-electron chi connectivity index (χ1n) is 6.56. The van der Waals surface area contributed by atoms with Gasteiger partial charge in [0.1, 0.15) is 12.6 Å². The number of hydrogen-bond acceptors (Lipinski definition) is 5. The normalized spacial score (nSPS) is 17.8. The van der Waals surface area contributed by atoms with Gasteiger partial charge < -0.3 is 25.4 Å². The molecule has 0 bridgehead atoms. The number of rotatable bonds is 5. The van der Waals surface area contributed by atoms with Crippen LogP contribution in [0.1, 0.15) is 19.3 Å². The molecular weight excluding hydrogens is 282 g/mol. The molecule has 0 radical (unpaired) electrons. The molecule has 3 N–H and O–H groups in total. The van der Waals surface area contributed by atoms with Gasteiger partial charge in [0.15, 0.2) is 0 Å². The predicted molar refractivity (Wildman–Crippen MR) is 70.4 cm³/mol. The lowest BCUT2D eigenvalue weighted by atomic mass is 10.0. The Morgan fingerprint density at radius 2 is 1.90 bits per heavy atom. The Kier molecular flexibility index (Phi) is 6.44. The number of esters is 1. The maximum atomic E-state index is 12.0. The van der Waals surface area contributed by atoms with Crippen LogP contribution >= 0.6 is 0 Å². The van der Waals surface area contributed by atoms with E-state index in [4.69, 9.17) is 5.11 Å². The number of aliphatic carboxylic acids is 1. The van der Waals surface area contributed by atoms with Crippen LogP contribution in [0, 0.1) is 0 Å². The van der Waals surface area contributed by atoms with E-state index in [1.165, 1.54) is 12.0 Å². The number of carbonyl (C=O) groups excluding carboxylic acids is 3. The largest absolute Gasteiger partial charge is 0.480 e. The van der Waals surface area contributed by atoms with Crippen molar-refractivity contribution in [3.05, 3.63) is 0 Å². The number of methoxy groups -OCH3 is 1. The number of carboxylic acid groups (broad SMARTS) is 1. The number of likely N-dealkylation sites (tertiary alicyclic amines) is 1. The highest BCUT2D eigenvalue weighted by Crippen LogP contribution is 2.17. The first-order valence-corrected chi connectivity index (χ1v) is 6.56. The molecule has 1 unspecified atom stereocenters. The first kappa shape index (κ1) is 16.7. The van der Waals surface area contributed by atoms with Crippen LogP contribution in [0.4, 0.5) is 4.79 Å². The number of carbonyl (C=O) groups is 4. The van der Waals surface area contributed by atoms with Crippen molar-refractivity contribution in [2.75, 3.05) is 26.7 Å². The van der Waals surface area contributed by atoms with Gasteiger partial charge in [0.05, 0.1) is 13.7 Å². The fourth-order valence-corrected chi connectivity index (χ4v) is 2.05. The summed E-state index contributed by atoms with van der Waals surface area (Å²) < 4.78 is 4.66. The molecule has 21 heavy (non-hydrogen) atoms. The van der Waals surface area contributed by atoms with Crippen LogP contribution < -0.4 is 10.6 Å². The van der Waals surface area contributed by atoms with Gasteiger partial charge in [-0.25, -0.2) is 9.59 Å². The smallest absolute Gasteiger partial charge is 0.328 e. The van der Waals surface area contributed by atoms with E-state index < -0.39 is 36.5 Å². The van der Waals surface area contributed by atoms with Crippen molar-refractivity contribution in [2.45, 2.75) is 25.3 Å². The van der Waals surface area contributed by atoms with Gasteiger partial charge in [-0.3, -0.25) is 9.59 Å². The molecule has 0 aromatic carbocycles. The van der Waals surface area contributed by atoms with Crippen LogP contribution in [0.5, 0.6) is 0 Å². The molecule has 0 aliphatic carbocycles. The van der Waals surface area contributed by atoms with Crippen molar-refractivity contribution in [1.29, 1.82) is 0 Å². The Hall–Kier alpha value is -2.32. The second-order valence-electron chi connectivity index (χ2n) is 4.56. The van der Waals surface area contributed by atoms with Crippen molar-refractivity contribution >= 4 is 23.9 Å². The third-order valence-electron chi connectivity index (χ3n) is 3.07. The van der Waals surface area contributed by atoms with E-state index in [0.717, 1.165) is 12.8 Å². The molecule has 0 aromatic heterocycles. The number of hydrogen-bond donors (Lipinski definition) is 3. The highest BCUT2D eigenvalue weighted by molar-refractivity contribution is 5.88. The first-order chi connectivity index (χ1) is 9.95. The van der Waals surface area contributed by atoms with E-state index in [9.17, 15) is 19.2 Å². The van der Waals surface area contributed by atoms with Crippen LogP contribution in [0.3, 0.4) is 0 Å². The van der Waals surface area contributed by atoms with Gasteiger partial charge in [-0.05, 0) is 19.3 Å². The van der Waals surface area contributed by atoms with Crippen LogP contribution in [0.25, 0.3) is 0 Å². The standard InChI is InChI=1S/C12H19N3O6/c1-21-11(19)8-4-2-3-5-15(8)12(20)14-6-9(16)13-7-10(17)18/h8H,2-7H2,1H3,(H,13,16)(H,14,20)(H,17,18). The molecule has 1 aliphatic heterocycles. The van der Waals surface area contributed by atoms with Crippen LogP contribution in [-0.2, 0) is 19.1 Å². The minimum Gasteiger partial charge on any atom is -0.480 e. The quantitative estimate of drug-likeness (QED) is 0.555. The third kappa shape index (κ3) is 5.28. The maximum Gasteiger partial charge on any atom is 0.328 e. The predicted octanol–water partition coefficient (Wildman–Crippen LogP) is -1.08. The zero-order valence-corrected chi connectivity index (χ0v) is 11.8. The number of nitrogens with zero attached hydrogens (tertiary/aromatic N) is 1. The summed E-state index contributed by atoms with van der Waals surface area (Å²) in [6.07, 6.45) is 2.11. The average molecular weight is 301 g/mol. The van der Waals surface area contributed by atoms with Gasteiger partial charge in [0.2, 0.25) is 5.91 Å². The van der Waals surface area contributed by atoms with E-state index in [0.29, 0.717) is 13.0 Å². The molecule has 1 fully saturated rings. The fourth-order valence-electron chi connectivity index (χ4n) is 2.05. The van der Waals surface area contributed by atoms with E-state index >= 15 is 0 Å². The molecule has 1 atom stereocenters. The lowest BCUT2D eigenvalue weighted by molar-refractivity contribution is -0.147. The van der Waals surface area contributed by atoms with Crippen molar-refractivity contribution < 1.29 is 29.0 Å². The number of nitrogens with one attached hydrogen (secondary N) is 2. The Morgan fingerprint density at radius 3 is 2.52 bits per heavy atom. The summed E-state index contributed by atoms with van der Waals surface area (Å²) in [6, 6.07) is -1.19. The second kappa shape index (κ2) is 8.08. The Labute approximate surface area is 121 Å². The number of amides is 3. The molecule has 1 aliphatic rings. The summed E-state index contributed by atoms with van der Waals surface area (Å²) in [5.74, 6) is -2.27. The highest BCUT2D eigenvalue weighted by atomic mass is 16.5. The highest BCUT2D eigenvalue weighted by Gasteiger charge is 2.32. The second-order valence-corrected chi connectivity index (χ2v) is 4.56. The number of urea groups is 1. The summed E-state index contributed by atoms with van der Waals surface area (Å²) in [5.41, 5.74) is 0. The lowest BCUT2D eigenvalue weighted by Crippen LogP contribution is -2.53. The number of piperidine rings is 1. The molecule has 0 aromatic rings. The third-order valence-corrected chi connectivity index (χ3v) is 3.07. The molecular formula is C12H19N3O6. The van der Waals surface area contributed by atoms with E-state index in [-0.39, 0.29) is 6.54 Å². The van der Waals surface area contributed by atoms with Crippen molar-refractivity contribution in [1.82, 2.24) is 15.5 Å². The minimum absolute atomic E-state index is 0.351. The van der Waals surface area contributed by atoms with Crippen LogP contribution in [-0.4, -0.2) is 66.7 Å². The maximum absolute atomic E-state index is 12.0. The van der Waals surface area contributed by atoms with Gasteiger partial charge >= 0.3 is 18.0 Å². The zero-order chi connectivity index (χ0) is 15.8. The van der Waals surface area contributed by atoms with Crippen LogP contribution in [0.15, 0.2) is 0 Å². The molecule has 1 rings (SSSR count). The molecule has 9 nitrogen and oxygen atoms in total. The van der Waals surface area contributed by atoms with Crippen molar-refractivity contribution in [3.63, 3.8) is 0 Å². The zero-order valence-electron chi connectivity index (χ0n) is 11.8. The molecule has 0 saturated carbocycles. The average Bonchev–Trinajstić information content (AvgIpc) is 2.49. The lowest BCUT2D eigenvalue weighted by Gasteiger charge is -2.33. The van der Waals surface area contributed by atoms with Gasteiger partial charge in [0.25, 0.3) is 0 Å². The summed E-state index contributed by atoms with van der Waals surface area (Å²) in [6.45, 7) is -0.456. The Balaban J connectivity index is 2.47. The Morgan fingerprint density at radius 1 is 1.19 bits per heavy atom. The molecule has 9 heteroatoms. The molecule has 0 spiro atoms. The molecule has 118 valence electrons. The van der Waals surface area contributed by atoms with Gasteiger partial charge in [-0.15, -0.1) is 0 Å². The monoisotopic (exact) mass is 301 g/mol. The van der Waals surface area contributed by atoms with Crippen molar-refractivity contribution in [3.8, 4) is 0 Å². The molecule has 1 heterocycles. The topological polar surface area (TPSA) is 125 Å².